The van der Waals surface area contributed by atoms with E-state index in [-0.39, 0.29) is 53.5 Å². The first-order valence-corrected chi connectivity index (χ1v) is 10.6. The number of aromatic nitrogens is 1. The lowest BCUT2D eigenvalue weighted by Crippen LogP contribution is -2.38. The van der Waals surface area contributed by atoms with Crippen molar-refractivity contribution in [2.45, 2.75) is 25.3 Å². The topological polar surface area (TPSA) is 99.6 Å². The molecule has 0 unspecified atom stereocenters. The van der Waals surface area contributed by atoms with Crippen molar-refractivity contribution in [1.29, 1.82) is 0 Å². The van der Waals surface area contributed by atoms with Crippen molar-refractivity contribution in [3.8, 4) is 5.75 Å². The highest BCUT2D eigenvalue weighted by molar-refractivity contribution is 6.07. The fourth-order valence-corrected chi connectivity index (χ4v) is 5.29. The molecule has 31 heavy (non-hydrogen) atoms. The van der Waals surface area contributed by atoms with Crippen LogP contribution in [-0.2, 0) is 14.4 Å². The molecule has 0 radical (unpaired) electrons. The molecule has 2 heterocycles. The highest BCUT2D eigenvalue weighted by Crippen LogP contribution is 2.51. The van der Waals surface area contributed by atoms with Crippen LogP contribution < -0.4 is 5.32 Å². The number of carbonyl (C=O) groups excluding carboxylic acids is 3. The van der Waals surface area contributed by atoms with E-state index in [0.717, 1.165) is 18.4 Å². The molecule has 1 aromatic heterocycles. The number of fused-ring (bicyclic) bond motifs is 1. The summed E-state index contributed by atoms with van der Waals surface area (Å²) in [5.41, 5.74) is 0.726. The van der Waals surface area contributed by atoms with E-state index in [1.54, 1.807) is 6.07 Å². The van der Waals surface area contributed by atoms with Crippen LogP contribution in [0.5, 0.6) is 5.75 Å². The Morgan fingerprint density at radius 2 is 1.68 bits per heavy atom. The second kappa shape index (κ2) is 7.65. The number of hydrogen-bond acceptors (Lipinski definition) is 5. The monoisotopic (exact) mass is 417 g/mol. The van der Waals surface area contributed by atoms with E-state index in [1.165, 1.54) is 17.2 Å². The van der Waals surface area contributed by atoms with Gasteiger partial charge in [0.1, 0.15) is 0 Å². The van der Waals surface area contributed by atoms with Crippen molar-refractivity contribution in [1.82, 2.24) is 9.88 Å². The van der Waals surface area contributed by atoms with E-state index in [1.807, 2.05) is 30.3 Å². The number of pyridine rings is 1. The lowest BCUT2D eigenvalue weighted by molar-refractivity contribution is -0.143. The molecule has 2 fully saturated rings. The van der Waals surface area contributed by atoms with E-state index < -0.39 is 11.9 Å². The summed E-state index contributed by atoms with van der Waals surface area (Å²) in [6.45, 7) is 0. The molecule has 1 saturated heterocycles. The van der Waals surface area contributed by atoms with Gasteiger partial charge in [0.15, 0.2) is 11.6 Å². The Morgan fingerprint density at radius 3 is 2.26 bits per heavy atom. The van der Waals surface area contributed by atoms with E-state index in [4.69, 9.17) is 0 Å². The molecule has 7 nitrogen and oxygen atoms in total. The summed E-state index contributed by atoms with van der Waals surface area (Å²) < 4.78 is 0. The molecular formula is C24H23N3O4. The van der Waals surface area contributed by atoms with E-state index in [0.29, 0.717) is 0 Å². The van der Waals surface area contributed by atoms with Gasteiger partial charge < -0.3 is 10.4 Å². The maximum Gasteiger partial charge on any atom is 0.234 e. The Morgan fingerprint density at radius 1 is 1.03 bits per heavy atom. The number of aromatic hydroxyl groups is 1. The van der Waals surface area contributed by atoms with Gasteiger partial charge in [-0.15, -0.1) is 0 Å². The molecule has 4 aliphatic rings. The number of likely N-dealkylation sites (tertiary alicyclic amines) is 1. The molecule has 158 valence electrons. The first-order chi connectivity index (χ1) is 15.0. The smallest absolute Gasteiger partial charge is 0.234 e. The summed E-state index contributed by atoms with van der Waals surface area (Å²) in [5.74, 6) is -1.37. The lowest BCUT2D eigenvalue weighted by atomic mass is 9.63. The molecular weight excluding hydrogens is 394 g/mol. The normalized spacial score (nSPS) is 27.3. The standard InChI is InChI=1S/C24H23N3O4/c28-18-7-4-12-25-22(18)26-19(29)13-17(14-5-2-1-3-6-14)27-23(30)20-15-8-9-16(11-10-15)21(20)24(27)31/h1-9,12,15-17,20-21,28H,10-11,13H2,(H,25,26,29)/t15-,16-,17+,20+,21+/m0/s1. The van der Waals surface area contributed by atoms with Crippen LogP contribution in [0.4, 0.5) is 5.82 Å². The fourth-order valence-electron chi connectivity index (χ4n) is 5.29. The summed E-state index contributed by atoms with van der Waals surface area (Å²) in [4.78, 5) is 45.0. The van der Waals surface area contributed by atoms with E-state index >= 15 is 0 Å². The highest BCUT2D eigenvalue weighted by atomic mass is 16.3. The first-order valence-electron chi connectivity index (χ1n) is 10.6. The summed E-state index contributed by atoms with van der Waals surface area (Å²) in [6, 6.07) is 11.4. The molecule has 2 aromatic rings. The minimum atomic E-state index is -0.711. The third-order valence-corrected chi connectivity index (χ3v) is 6.71. The van der Waals surface area contributed by atoms with Crippen molar-refractivity contribution in [2.24, 2.45) is 23.7 Å². The Labute approximate surface area is 179 Å². The van der Waals surface area contributed by atoms with Gasteiger partial charge in [0.05, 0.1) is 24.3 Å². The van der Waals surface area contributed by atoms with Crippen LogP contribution in [0.15, 0.2) is 60.8 Å². The van der Waals surface area contributed by atoms with Crippen molar-refractivity contribution in [3.05, 3.63) is 66.4 Å². The van der Waals surface area contributed by atoms with Crippen molar-refractivity contribution >= 4 is 23.5 Å². The van der Waals surface area contributed by atoms with Gasteiger partial charge in [0.2, 0.25) is 17.7 Å². The van der Waals surface area contributed by atoms with Crippen LogP contribution in [0, 0.1) is 23.7 Å². The predicted octanol–water partition coefficient (Wildman–Crippen LogP) is 3.05. The number of allylic oxidation sites excluding steroid dienone is 2. The Balaban J connectivity index is 1.45. The van der Waals surface area contributed by atoms with Crippen molar-refractivity contribution in [2.75, 3.05) is 5.32 Å². The fraction of sp³-hybridized carbons (Fsp3) is 0.333. The average Bonchev–Trinajstić information content (AvgIpc) is 3.07. The highest BCUT2D eigenvalue weighted by Gasteiger charge is 2.58. The second-order valence-electron chi connectivity index (χ2n) is 8.44. The first kappa shape index (κ1) is 19.5. The number of amides is 3. The molecule has 3 aliphatic carbocycles. The SMILES string of the molecule is O=C(C[C@H](c1ccccc1)N1C(=O)[C@H]2[C@H](C1=O)[C@H]1C=C[C@H]2CC1)Nc1ncccc1O. The van der Waals surface area contributed by atoms with Crippen LogP contribution in [-0.4, -0.2) is 32.7 Å². The number of rotatable bonds is 5. The number of carbonyl (C=O) groups is 3. The minimum Gasteiger partial charge on any atom is -0.504 e. The lowest BCUT2D eigenvalue weighted by Gasteiger charge is -2.38. The molecule has 0 spiro atoms. The summed E-state index contributed by atoms with van der Waals surface area (Å²) >= 11 is 0. The molecule has 3 amide bonds. The van der Waals surface area contributed by atoms with Crippen LogP contribution in [0.1, 0.15) is 30.9 Å². The minimum absolute atomic E-state index is 0.0503. The molecule has 1 aromatic carbocycles. The zero-order chi connectivity index (χ0) is 21.5. The van der Waals surface area contributed by atoms with Crippen LogP contribution in [0.3, 0.4) is 0 Å². The predicted molar refractivity (Wildman–Crippen MR) is 113 cm³/mol. The average molecular weight is 417 g/mol. The van der Waals surface area contributed by atoms with Gasteiger partial charge in [-0.3, -0.25) is 19.3 Å². The Kier molecular flexibility index (Phi) is 4.81. The van der Waals surface area contributed by atoms with Crippen LogP contribution in [0.2, 0.25) is 0 Å². The van der Waals surface area contributed by atoms with Crippen molar-refractivity contribution < 1.29 is 19.5 Å². The molecule has 5 atom stereocenters. The summed E-state index contributed by atoms with van der Waals surface area (Å²) in [6.07, 6.45) is 7.36. The van der Waals surface area contributed by atoms with Gasteiger partial charge in [-0.25, -0.2) is 4.98 Å². The van der Waals surface area contributed by atoms with Gasteiger partial charge in [0, 0.05) is 6.20 Å². The number of imide groups is 1. The number of anilines is 1. The zero-order valence-corrected chi connectivity index (χ0v) is 16.8. The Bertz CT molecular complexity index is 1040. The summed E-state index contributed by atoms with van der Waals surface area (Å²) in [5, 5.41) is 12.5. The van der Waals surface area contributed by atoms with Crippen LogP contribution >= 0.6 is 0 Å². The van der Waals surface area contributed by atoms with E-state index in [2.05, 4.69) is 22.5 Å². The van der Waals surface area contributed by atoms with E-state index in [9.17, 15) is 19.5 Å². The number of hydrogen-bond donors (Lipinski definition) is 2. The third kappa shape index (κ3) is 3.30. The van der Waals surface area contributed by atoms with Gasteiger partial charge in [-0.2, -0.15) is 0 Å². The maximum atomic E-state index is 13.4. The zero-order valence-electron chi connectivity index (χ0n) is 16.8. The number of nitrogens with zero attached hydrogens (tertiary/aromatic N) is 2. The quantitative estimate of drug-likeness (QED) is 0.575. The molecule has 2 bridgehead atoms. The van der Waals surface area contributed by atoms with Gasteiger partial charge >= 0.3 is 0 Å². The molecule has 1 saturated carbocycles. The van der Waals surface area contributed by atoms with Gasteiger partial charge in [-0.05, 0) is 42.4 Å². The number of benzene rings is 1. The molecule has 7 heteroatoms. The van der Waals surface area contributed by atoms with Gasteiger partial charge in [0.25, 0.3) is 0 Å². The largest absolute Gasteiger partial charge is 0.504 e. The molecule has 1 aliphatic heterocycles. The Hall–Kier alpha value is -3.48. The maximum absolute atomic E-state index is 13.4. The van der Waals surface area contributed by atoms with Gasteiger partial charge in [-0.1, -0.05) is 42.5 Å². The van der Waals surface area contributed by atoms with Crippen LogP contribution in [0.25, 0.3) is 0 Å². The van der Waals surface area contributed by atoms with Crippen molar-refractivity contribution in [3.63, 3.8) is 0 Å². The molecule has 2 N–H and O–H groups in total. The number of nitrogens with one attached hydrogen (secondary N) is 1. The summed E-state index contributed by atoms with van der Waals surface area (Å²) in [7, 11) is 0. The molecule has 6 rings (SSSR count). The third-order valence-electron chi connectivity index (χ3n) is 6.71. The second-order valence-corrected chi connectivity index (χ2v) is 8.44.